The standard InChI is InChI=1S/C12H25N3O2/c1-3-4-13-12(16)11-14(2)5-6-15-7-9-17-10-8-15/h3-11H2,1-2H3,(H,13,16). The van der Waals surface area contributed by atoms with Crippen LogP contribution in [0.25, 0.3) is 0 Å². The molecule has 17 heavy (non-hydrogen) atoms. The third kappa shape index (κ3) is 6.61. The molecule has 0 spiro atoms. The van der Waals surface area contributed by atoms with Gasteiger partial charge < -0.3 is 10.1 Å². The lowest BCUT2D eigenvalue weighted by Crippen LogP contribution is -2.43. The number of hydrogen-bond acceptors (Lipinski definition) is 4. The quantitative estimate of drug-likeness (QED) is 0.671. The predicted octanol–water partition coefficient (Wildman–Crippen LogP) is -0.223. The maximum Gasteiger partial charge on any atom is 0.234 e. The minimum absolute atomic E-state index is 0.122. The van der Waals surface area contributed by atoms with Gasteiger partial charge in [-0.1, -0.05) is 6.92 Å². The van der Waals surface area contributed by atoms with Gasteiger partial charge in [0, 0.05) is 32.7 Å². The SMILES string of the molecule is CCCNC(=O)CN(C)CCN1CCOCC1. The monoisotopic (exact) mass is 243 g/mol. The lowest BCUT2D eigenvalue weighted by atomic mass is 10.4. The topological polar surface area (TPSA) is 44.8 Å². The van der Waals surface area contributed by atoms with Crippen LogP contribution in [0.1, 0.15) is 13.3 Å². The molecule has 1 fully saturated rings. The molecule has 0 aliphatic carbocycles. The van der Waals surface area contributed by atoms with Gasteiger partial charge >= 0.3 is 0 Å². The molecule has 1 aliphatic heterocycles. The Morgan fingerprint density at radius 2 is 2.12 bits per heavy atom. The first kappa shape index (κ1) is 14.4. The van der Waals surface area contributed by atoms with Crippen molar-refractivity contribution in [1.82, 2.24) is 15.1 Å². The van der Waals surface area contributed by atoms with Crippen LogP contribution in [0.3, 0.4) is 0 Å². The van der Waals surface area contributed by atoms with Gasteiger partial charge in [-0.15, -0.1) is 0 Å². The van der Waals surface area contributed by atoms with E-state index >= 15 is 0 Å². The molecule has 5 heteroatoms. The van der Waals surface area contributed by atoms with Crippen molar-refractivity contribution >= 4 is 5.91 Å². The summed E-state index contributed by atoms with van der Waals surface area (Å²) in [6.07, 6.45) is 0.989. The molecule has 0 unspecified atom stereocenters. The number of morpholine rings is 1. The van der Waals surface area contributed by atoms with Crippen LogP contribution in [0.4, 0.5) is 0 Å². The summed E-state index contributed by atoms with van der Waals surface area (Å²) in [5.41, 5.74) is 0. The minimum atomic E-state index is 0.122. The average Bonchev–Trinajstić information content (AvgIpc) is 2.35. The van der Waals surface area contributed by atoms with Gasteiger partial charge in [0.05, 0.1) is 19.8 Å². The molecule has 0 atom stereocenters. The Hall–Kier alpha value is -0.650. The molecule has 0 aromatic rings. The second-order valence-electron chi connectivity index (χ2n) is 4.54. The van der Waals surface area contributed by atoms with Crippen LogP contribution < -0.4 is 5.32 Å². The molecule has 0 bridgehead atoms. The van der Waals surface area contributed by atoms with Crippen molar-refractivity contribution in [2.45, 2.75) is 13.3 Å². The maximum absolute atomic E-state index is 11.5. The number of carbonyl (C=O) groups excluding carboxylic acids is 1. The smallest absolute Gasteiger partial charge is 0.234 e. The van der Waals surface area contributed by atoms with E-state index in [0.717, 1.165) is 52.4 Å². The Bertz CT molecular complexity index is 218. The lowest BCUT2D eigenvalue weighted by Gasteiger charge is -2.28. The zero-order valence-electron chi connectivity index (χ0n) is 11.1. The van der Waals surface area contributed by atoms with Crippen molar-refractivity contribution in [1.29, 1.82) is 0 Å². The highest BCUT2D eigenvalue weighted by molar-refractivity contribution is 5.77. The zero-order chi connectivity index (χ0) is 12.5. The van der Waals surface area contributed by atoms with Gasteiger partial charge in [0.25, 0.3) is 0 Å². The summed E-state index contributed by atoms with van der Waals surface area (Å²) in [4.78, 5) is 15.9. The first-order valence-corrected chi connectivity index (χ1v) is 6.47. The molecule has 0 aromatic heterocycles. The van der Waals surface area contributed by atoms with E-state index in [4.69, 9.17) is 4.74 Å². The van der Waals surface area contributed by atoms with E-state index in [-0.39, 0.29) is 5.91 Å². The highest BCUT2D eigenvalue weighted by Crippen LogP contribution is 1.96. The van der Waals surface area contributed by atoms with Gasteiger partial charge in [-0.25, -0.2) is 0 Å². The molecular weight excluding hydrogens is 218 g/mol. The van der Waals surface area contributed by atoms with E-state index < -0.39 is 0 Å². The summed E-state index contributed by atoms with van der Waals surface area (Å²) in [6.45, 7) is 8.95. The maximum atomic E-state index is 11.5. The molecule has 1 saturated heterocycles. The van der Waals surface area contributed by atoms with Crippen LogP contribution in [0.15, 0.2) is 0 Å². The van der Waals surface area contributed by atoms with Crippen LogP contribution in [-0.2, 0) is 9.53 Å². The highest BCUT2D eigenvalue weighted by atomic mass is 16.5. The summed E-state index contributed by atoms with van der Waals surface area (Å²) >= 11 is 0. The molecule has 1 aliphatic rings. The number of ether oxygens (including phenoxy) is 1. The first-order chi connectivity index (χ1) is 8.22. The van der Waals surface area contributed by atoms with E-state index in [9.17, 15) is 4.79 Å². The van der Waals surface area contributed by atoms with Crippen molar-refractivity contribution in [3.05, 3.63) is 0 Å². The number of carbonyl (C=O) groups is 1. The predicted molar refractivity (Wildman–Crippen MR) is 68.1 cm³/mol. The number of amides is 1. The molecular formula is C12H25N3O2. The fourth-order valence-electron chi connectivity index (χ4n) is 1.78. The van der Waals surface area contributed by atoms with Crippen molar-refractivity contribution in [3.8, 4) is 0 Å². The minimum Gasteiger partial charge on any atom is -0.379 e. The first-order valence-electron chi connectivity index (χ1n) is 6.47. The Kier molecular flexibility index (Phi) is 7.16. The summed E-state index contributed by atoms with van der Waals surface area (Å²) < 4.78 is 5.30. The van der Waals surface area contributed by atoms with Crippen molar-refractivity contribution in [3.63, 3.8) is 0 Å². The fourth-order valence-corrected chi connectivity index (χ4v) is 1.78. The third-order valence-electron chi connectivity index (χ3n) is 2.89. The van der Waals surface area contributed by atoms with Crippen LogP contribution in [0.2, 0.25) is 0 Å². The lowest BCUT2D eigenvalue weighted by molar-refractivity contribution is -0.122. The fraction of sp³-hybridized carbons (Fsp3) is 0.917. The van der Waals surface area contributed by atoms with Crippen LogP contribution in [0, 0.1) is 0 Å². The van der Waals surface area contributed by atoms with Gasteiger partial charge in [0.2, 0.25) is 5.91 Å². The van der Waals surface area contributed by atoms with E-state index in [2.05, 4.69) is 22.0 Å². The van der Waals surface area contributed by atoms with Crippen molar-refractivity contribution in [2.75, 3.05) is 59.5 Å². The van der Waals surface area contributed by atoms with E-state index in [1.54, 1.807) is 0 Å². The number of likely N-dealkylation sites (N-methyl/N-ethyl adjacent to an activating group) is 1. The normalized spacial score (nSPS) is 17.4. The number of hydrogen-bond donors (Lipinski definition) is 1. The molecule has 5 nitrogen and oxygen atoms in total. The van der Waals surface area contributed by atoms with E-state index in [1.807, 2.05) is 7.05 Å². The number of rotatable bonds is 7. The van der Waals surface area contributed by atoms with E-state index in [1.165, 1.54) is 0 Å². The molecule has 1 rings (SSSR count). The Labute approximate surface area is 104 Å². The molecule has 1 heterocycles. The van der Waals surface area contributed by atoms with E-state index in [0.29, 0.717) is 6.54 Å². The summed E-state index contributed by atoms with van der Waals surface area (Å²) in [5.74, 6) is 0.122. The van der Waals surface area contributed by atoms with Crippen LogP contribution in [0.5, 0.6) is 0 Å². The number of nitrogens with one attached hydrogen (secondary N) is 1. The zero-order valence-corrected chi connectivity index (χ0v) is 11.1. The van der Waals surface area contributed by atoms with Gasteiger partial charge in [-0.05, 0) is 13.5 Å². The van der Waals surface area contributed by atoms with Crippen molar-refractivity contribution < 1.29 is 9.53 Å². The largest absolute Gasteiger partial charge is 0.379 e. The van der Waals surface area contributed by atoms with Crippen molar-refractivity contribution in [2.24, 2.45) is 0 Å². The van der Waals surface area contributed by atoms with Gasteiger partial charge in [-0.2, -0.15) is 0 Å². The summed E-state index contributed by atoms with van der Waals surface area (Å²) in [6, 6.07) is 0. The summed E-state index contributed by atoms with van der Waals surface area (Å²) in [5, 5.41) is 2.89. The molecule has 0 aromatic carbocycles. The molecule has 1 N–H and O–H groups in total. The van der Waals surface area contributed by atoms with Crippen LogP contribution >= 0.6 is 0 Å². The van der Waals surface area contributed by atoms with Gasteiger partial charge in [-0.3, -0.25) is 14.6 Å². The Morgan fingerprint density at radius 1 is 1.41 bits per heavy atom. The third-order valence-corrected chi connectivity index (χ3v) is 2.89. The average molecular weight is 243 g/mol. The molecule has 0 saturated carbocycles. The molecule has 0 radical (unpaired) electrons. The highest BCUT2D eigenvalue weighted by Gasteiger charge is 2.11. The second kappa shape index (κ2) is 8.44. The van der Waals surface area contributed by atoms with Gasteiger partial charge in [0.15, 0.2) is 0 Å². The number of nitrogens with zero attached hydrogens (tertiary/aromatic N) is 2. The second-order valence-corrected chi connectivity index (χ2v) is 4.54. The Balaban J connectivity index is 2.07. The molecule has 1 amide bonds. The molecule has 100 valence electrons. The Morgan fingerprint density at radius 3 is 2.76 bits per heavy atom. The van der Waals surface area contributed by atoms with Gasteiger partial charge in [0.1, 0.15) is 0 Å². The summed E-state index contributed by atoms with van der Waals surface area (Å²) in [7, 11) is 1.99. The van der Waals surface area contributed by atoms with Crippen LogP contribution in [-0.4, -0.2) is 75.2 Å².